The molecule has 5 rings (SSSR count). The lowest BCUT2D eigenvalue weighted by Gasteiger charge is -2.36. The summed E-state index contributed by atoms with van der Waals surface area (Å²) in [5, 5.41) is 13.7. The third-order valence-electron chi connectivity index (χ3n) is 6.35. The molecule has 0 spiro atoms. The predicted octanol–water partition coefficient (Wildman–Crippen LogP) is 3.24. The van der Waals surface area contributed by atoms with Crippen LogP contribution in [0.15, 0.2) is 22.7 Å². The molecular weight excluding hydrogens is 364 g/mol. The second-order valence-corrected chi connectivity index (χ2v) is 9.00. The van der Waals surface area contributed by atoms with Crippen LogP contribution in [-0.2, 0) is 0 Å². The molecule has 2 fully saturated rings. The summed E-state index contributed by atoms with van der Waals surface area (Å²) in [5.74, 6) is 2.81. The first-order valence-corrected chi connectivity index (χ1v) is 10.8. The number of piperidine rings is 1. The van der Waals surface area contributed by atoms with Gasteiger partial charge >= 0.3 is 0 Å². The average Bonchev–Trinajstić information content (AvgIpc) is 3.29. The Labute approximate surface area is 171 Å². The van der Waals surface area contributed by atoms with Crippen molar-refractivity contribution in [3.05, 3.63) is 35.3 Å². The van der Waals surface area contributed by atoms with Gasteiger partial charge in [-0.15, -0.1) is 0 Å². The monoisotopic (exact) mass is 394 g/mol. The van der Waals surface area contributed by atoms with E-state index in [1.807, 2.05) is 4.68 Å². The maximum Gasteiger partial charge on any atom is 0.291 e. The number of hydrogen-bond acceptors (Lipinski definition) is 6. The fourth-order valence-corrected chi connectivity index (χ4v) is 4.51. The van der Waals surface area contributed by atoms with Crippen LogP contribution >= 0.6 is 0 Å². The lowest BCUT2D eigenvalue weighted by atomic mass is 9.95. The Balaban J connectivity index is 1.36. The van der Waals surface area contributed by atoms with Crippen LogP contribution in [0, 0.1) is 12.8 Å². The van der Waals surface area contributed by atoms with Crippen molar-refractivity contribution in [3.63, 3.8) is 0 Å². The lowest BCUT2D eigenvalue weighted by molar-refractivity contribution is 0.149. The van der Waals surface area contributed by atoms with Crippen LogP contribution in [0.5, 0.6) is 0 Å². The smallest absolute Gasteiger partial charge is 0.291 e. The van der Waals surface area contributed by atoms with Crippen LogP contribution < -0.4 is 5.32 Å². The van der Waals surface area contributed by atoms with E-state index in [-0.39, 0.29) is 0 Å². The maximum absolute atomic E-state index is 5.71. The number of likely N-dealkylation sites (tertiary alicyclic amines) is 1. The first-order valence-electron chi connectivity index (χ1n) is 10.8. The van der Waals surface area contributed by atoms with Gasteiger partial charge in [0.25, 0.3) is 5.95 Å². The number of nitrogens with one attached hydrogen (secondary N) is 1. The van der Waals surface area contributed by atoms with Gasteiger partial charge in [0, 0.05) is 30.9 Å². The predicted molar refractivity (Wildman–Crippen MR) is 113 cm³/mol. The van der Waals surface area contributed by atoms with Crippen molar-refractivity contribution in [2.75, 3.05) is 32.7 Å². The number of nitrogens with zero attached hydrogens (tertiary/aromatic N) is 5. The molecule has 0 saturated carbocycles. The van der Waals surface area contributed by atoms with Crippen LogP contribution in [0.3, 0.4) is 0 Å². The van der Waals surface area contributed by atoms with Gasteiger partial charge in [0.15, 0.2) is 0 Å². The molecule has 7 heteroatoms. The highest BCUT2D eigenvalue weighted by Crippen LogP contribution is 2.30. The highest BCUT2D eigenvalue weighted by molar-refractivity contribution is 5.84. The average molecular weight is 395 g/mol. The largest absolute Gasteiger partial charge is 0.337 e. The van der Waals surface area contributed by atoms with Crippen LogP contribution in [0.25, 0.3) is 16.9 Å². The van der Waals surface area contributed by atoms with Crippen LogP contribution in [0.4, 0.5) is 0 Å². The van der Waals surface area contributed by atoms with E-state index >= 15 is 0 Å². The first-order chi connectivity index (χ1) is 14.1. The minimum atomic E-state index is 0.336. The lowest BCUT2D eigenvalue weighted by Crippen LogP contribution is -2.49. The Hall–Kier alpha value is -2.25. The Morgan fingerprint density at radius 2 is 2.00 bits per heavy atom. The minimum Gasteiger partial charge on any atom is -0.337 e. The zero-order valence-electron chi connectivity index (χ0n) is 17.6. The molecular formula is C22H30N6O. The molecule has 0 amide bonds. The van der Waals surface area contributed by atoms with E-state index in [9.17, 15) is 0 Å². The molecule has 2 aromatic heterocycles. The second-order valence-electron chi connectivity index (χ2n) is 9.00. The Morgan fingerprint density at radius 3 is 2.69 bits per heavy atom. The van der Waals surface area contributed by atoms with E-state index in [1.54, 1.807) is 0 Å². The van der Waals surface area contributed by atoms with Gasteiger partial charge < -0.3 is 14.7 Å². The van der Waals surface area contributed by atoms with Crippen molar-refractivity contribution in [2.24, 2.45) is 5.92 Å². The SMILES string of the molecule is Cc1ccc2c(C(C)C)nn(-c3noc(C4CCN(CC5CNC5)CC4)n3)c2c1. The summed E-state index contributed by atoms with van der Waals surface area (Å²) in [5.41, 5.74) is 3.32. The Kier molecular flexibility index (Phi) is 4.87. The van der Waals surface area contributed by atoms with Gasteiger partial charge in [-0.25, -0.2) is 0 Å². The number of aromatic nitrogens is 4. The van der Waals surface area contributed by atoms with Crippen molar-refractivity contribution >= 4 is 10.9 Å². The normalized spacial score (nSPS) is 19.3. The zero-order valence-corrected chi connectivity index (χ0v) is 17.6. The Bertz CT molecular complexity index is 994. The summed E-state index contributed by atoms with van der Waals surface area (Å²) in [6.45, 7) is 12.2. The number of hydrogen-bond donors (Lipinski definition) is 1. The summed E-state index contributed by atoms with van der Waals surface area (Å²) >= 11 is 0. The third kappa shape index (κ3) is 3.57. The van der Waals surface area contributed by atoms with Gasteiger partial charge in [0.05, 0.1) is 11.2 Å². The van der Waals surface area contributed by atoms with Crippen molar-refractivity contribution in [2.45, 2.75) is 45.4 Å². The van der Waals surface area contributed by atoms with E-state index in [0.717, 1.165) is 54.3 Å². The first kappa shape index (κ1) is 18.8. The quantitative estimate of drug-likeness (QED) is 0.716. The molecule has 2 aliphatic rings. The van der Waals surface area contributed by atoms with Gasteiger partial charge in [-0.05, 0) is 61.5 Å². The summed E-state index contributed by atoms with van der Waals surface area (Å²) in [6.07, 6.45) is 2.16. The van der Waals surface area contributed by atoms with Crippen molar-refractivity contribution in [3.8, 4) is 5.95 Å². The van der Waals surface area contributed by atoms with Gasteiger partial charge in [-0.2, -0.15) is 14.8 Å². The molecule has 1 N–H and O–H groups in total. The molecule has 0 bridgehead atoms. The second kappa shape index (κ2) is 7.54. The van der Waals surface area contributed by atoms with E-state index < -0.39 is 0 Å². The van der Waals surface area contributed by atoms with Gasteiger partial charge in [0.2, 0.25) is 5.89 Å². The Morgan fingerprint density at radius 1 is 1.21 bits per heavy atom. The molecule has 0 aliphatic carbocycles. The fraction of sp³-hybridized carbons (Fsp3) is 0.591. The molecule has 0 radical (unpaired) electrons. The number of aryl methyl sites for hydroxylation is 1. The van der Waals surface area contributed by atoms with Crippen LogP contribution in [0.1, 0.15) is 55.7 Å². The van der Waals surface area contributed by atoms with Crippen molar-refractivity contribution < 1.29 is 4.52 Å². The molecule has 29 heavy (non-hydrogen) atoms. The van der Waals surface area contributed by atoms with Crippen molar-refractivity contribution in [1.82, 2.24) is 30.1 Å². The van der Waals surface area contributed by atoms with Crippen LogP contribution in [0.2, 0.25) is 0 Å². The van der Waals surface area contributed by atoms with E-state index in [4.69, 9.17) is 14.6 Å². The third-order valence-corrected chi connectivity index (χ3v) is 6.35. The van der Waals surface area contributed by atoms with Gasteiger partial charge in [0.1, 0.15) is 0 Å². The molecule has 2 aliphatic heterocycles. The molecule has 1 aromatic carbocycles. The number of rotatable bonds is 5. The van der Waals surface area contributed by atoms with E-state index in [0.29, 0.717) is 17.8 Å². The maximum atomic E-state index is 5.71. The van der Waals surface area contributed by atoms with Crippen LogP contribution in [-0.4, -0.2) is 57.5 Å². The molecule has 3 aromatic rings. The molecule has 154 valence electrons. The van der Waals surface area contributed by atoms with Crippen molar-refractivity contribution in [1.29, 1.82) is 0 Å². The minimum absolute atomic E-state index is 0.336. The van der Waals surface area contributed by atoms with E-state index in [1.165, 1.54) is 25.2 Å². The number of fused-ring (bicyclic) bond motifs is 1. The molecule has 4 heterocycles. The summed E-state index contributed by atoms with van der Waals surface area (Å²) in [7, 11) is 0. The summed E-state index contributed by atoms with van der Waals surface area (Å²) in [6, 6.07) is 6.44. The highest BCUT2D eigenvalue weighted by Gasteiger charge is 2.28. The standard InChI is InChI=1S/C22H30N6O/c1-14(2)20-18-5-4-15(3)10-19(18)28(25-20)22-24-21(29-26-22)17-6-8-27(9-7-17)13-16-11-23-12-16/h4-5,10,14,16-17,23H,6-9,11-13H2,1-3H3. The molecule has 7 nitrogen and oxygen atoms in total. The summed E-state index contributed by atoms with van der Waals surface area (Å²) < 4.78 is 7.56. The summed E-state index contributed by atoms with van der Waals surface area (Å²) in [4.78, 5) is 7.35. The number of benzene rings is 1. The molecule has 0 atom stereocenters. The molecule has 0 unspecified atom stereocenters. The molecule has 2 saturated heterocycles. The van der Waals surface area contributed by atoms with Gasteiger partial charge in [-0.3, -0.25) is 0 Å². The fourth-order valence-electron chi connectivity index (χ4n) is 4.51. The topological polar surface area (TPSA) is 72.0 Å². The highest BCUT2D eigenvalue weighted by atomic mass is 16.5. The zero-order chi connectivity index (χ0) is 20.0. The van der Waals surface area contributed by atoms with E-state index in [2.05, 4.69) is 54.3 Å². The van der Waals surface area contributed by atoms with Gasteiger partial charge in [-0.1, -0.05) is 26.0 Å².